The van der Waals surface area contributed by atoms with Crippen LogP contribution >= 0.6 is 0 Å². The van der Waals surface area contributed by atoms with Crippen molar-refractivity contribution in [2.24, 2.45) is 0 Å². The largest absolute Gasteiger partial charge is 0.352 e. The molecule has 2 rings (SSSR count). The Morgan fingerprint density at radius 1 is 1.04 bits per heavy atom. The van der Waals surface area contributed by atoms with Crippen LogP contribution in [0.5, 0.6) is 0 Å². The highest BCUT2D eigenvalue weighted by molar-refractivity contribution is 5.94. The van der Waals surface area contributed by atoms with E-state index in [1.165, 1.54) is 6.92 Å². The number of nitrogens with one attached hydrogen (secondary N) is 2. The van der Waals surface area contributed by atoms with Gasteiger partial charge in [0.2, 0.25) is 5.91 Å². The Labute approximate surface area is 136 Å². The van der Waals surface area contributed by atoms with Gasteiger partial charge in [0.15, 0.2) is 0 Å². The maximum absolute atomic E-state index is 12.3. The van der Waals surface area contributed by atoms with E-state index in [9.17, 15) is 9.59 Å². The molecular formula is C19H22N2O2. The zero-order valence-electron chi connectivity index (χ0n) is 13.7. The van der Waals surface area contributed by atoms with Gasteiger partial charge >= 0.3 is 0 Å². The Kier molecular flexibility index (Phi) is 5.52. The Morgan fingerprint density at radius 2 is 1.70 bits per heavy atom. The van der Waals surface area contributed by atoms with Crippen molar-refractivity contribution in [1.29, 1.82) is 0 Å². The number of rotatable bonds is 5. The fourth-order valence-corrected chi connectivity index (χ4v) is 2.43. The molecule has 0 heterocycles. The van der Waals surface area contributed by atoms with Crippen LogP contribution in [0.2, 0.25) is 0 Å². The van der Waals surface area contributed by atoms with Gasteiger partial charge in [0.25, 0.3) is 5.91 Å². The molecule has 0 radical (unpaired) electrons. The molecule has 2 N–H and O–H groups in total. The second kappa shape index (κ2) is 7.58. The quantitative estimate of drug-likeness (QED) is 0.891. The van der Waals surface area contributed by atoms with Gasteiger partial charge in [-0.05, 0) is 42.7 Å². The third-order valence-electron chi connectivity index (χ3n) is 3.76. The van der Waals surface area contributed by atoms with E-state index in [4.69, 9.17) is 0 Å². The van der Waals surface area contributed by atoms with E-state index in [2.05, 4.69) is 10.6 Å². The predicted octanol–water partition coefficient (Wildman–Crippen LogP) is 3.12. The van der Waals surface area contributed by atoms with Crippen LogP contribution in [0.4, 0.5) is 0 Å². The standard InChI is InChI=1S/C19H22N2O2/c1-13-6-4-5-7-18(13)14(2)21-19(23)17-10-8-16(9-11-17)12-20-15(3)22/h4-11,14H,12H2,1-3H3,(H,20,22)(H,21,23)/t14-/m1/s1. The van der Waals surface area contributed by atoms with Gasteiger partial charge < -0.3 is 10.6 Å². The second-order valence-electron chi connectivity index (χ2n) is 5.66. The summed E-state index contributed by atoms with van der Waals surface area (Å²) in [6.45, 7) is 5.96. The molecule has 2 amide bonds. The first-order valence-corrected chi connectivity index (χ1v) is 7.67. The highest BCUT2D eigenvalue weighted by Crippen LogP contribution is 2.17. The normalized spacial score (nSPS) is 11.6. The summed E-state index contributed by atoms with van der Waals surface area (Å²) in [6, 6.07) is 15.2. The van der Waals surface area contributed by atoms with Crippen molar-refractivity contribution in [2.75, 3.05) is 0 Å². The summed E-state index contributed by atoms with van der Waals surface area (Å²) in [5.74, 6) is -0.175. The van der Waals surface area contributed by atoms with Crippen LogP contribution in [0.15, 0.2) is 48.5 Å². The highest BCUT2D eigenvalue weighted by Gasteiger charge is 2.12. The minimum Gasteiger partial charge on any atom is -0.352 e. The molecule has 0 saturated carbocycles. The molecule has 0 aliphatic rings. The van der Waals surface area contributed by atoms with Crippen LogP contribution < -0.4 is 10.6 Å². The van der Waals surface area contributed by atoms with Crippen LogP contribution in [0.1, 0.15) is 46.9 Å². The van der Waals surface area contributed by atoms with Crippen molar-refractivity contribution in [2.45, 2.75) is 33.4 Å². The molecule has 0 aliphatic carbocycles. The van der Waals surface area contributed by atoms with Gasteiger partial charge in [-0.15, -0.1) is 0 Å². The molecule has 2 aromatic carbocycles. The molecule has 2 aromatic rings. The van der Waals surface area contributed by atoms with Crippen LogP contribution in [-0.2, 0) is 11.3 Å². The Morgan fingerprint density at radius 3 is 2.30 bits per heavy atom. The minimum atomic E-state index is -0.105. The van der Waals surface area contributed by atoms with Gasteiger partial charge in [-0.25, -0.2) is 0 Å². The Bertz CT molecular complexity index is 693. The maximum atomic E-state index is 12.3. The van der Waals surface area contributed by atoms with Gasteiger partial charge in [0.05, 0.1) is 6.04 Å². The molecule has 4 nitrogen and oxygen atoms in total. The predicted molar refractivity (Wildman–Crippen MR) is 91.0 cm³/mol. The van der Waals surface area contributed by atoms with Crippen LogP contribution in [-0.4, -0.2) is 11.8 Å². The zero-order chi connectivity index (χ0) is 16.8. The molecule has 23 heavy (non-hydrogen) atoms. The Balaban J connectivity index is 2.00. The second-order valence-corrected chi connectivity index (χ2v) is 5.66. The van der Waals surface area contributed by atoms with Gasteiger partial charge in [0, 0.05) is 19.0 Å². The average molecular weight is 310 g/mol. The number of benzene rings is 2. The van der Waals surface area contributed by atoms with Gasteiger partial charge in [-0.3, -0.25) is 9.59 Å². The van der Waals surface area contributed by atoms with E-state index in [-0.39, 0.29) is 17.9 Å². The van der Waals surface area contributed by atoms with Gasteiger partial charge in [-0.1, -0.05) is 36.4 Å². The monoisotopic (exact) mass is 310 g/mol. The highest BCUT2D eigenvalue weighted by atomic mass is 16.2. The van der Waals surface area contributed by atoms with Gasteiger partial charge in [-0.2, -0.15) is 0 Å². The molecule has 4 heteroatoms. The fraction of sp³-hybridized carbons (Fsp3) is 0.263. The average Bonchev–Trinajstić information content (AvgIpc) is 2.53. The zero-order valence-corrected chi connectivity index (χ0v) is 13.7. The van der Waals surface area contributed by atoms with E-state index in [0.717, 1.165) is 16.7 Å². The molecule has 0 fully saturated rings. The first-order valence-electron chi connectivity index (χ1n) is 7.67. The van der Waals surface area contributed by atoms with Crippen LogP contribution in [0.25, 0.3) is 0 Å². The van der Waals surface area contributed by atoms with Crippen molar-refractivity contribution in [3.05, 3.63) is 70.8 Å². The lowest BCUT2D eigenvalue weighted by atomic mass is 10.0. The number of hydrogen-bond acceptors (Lipinski definition) is 2. The summed E-state index contributed by atoms with van der Waals surface area (Å²) >= 11 is 0. The summed E-state index contributed by atoms with van der Waals surface area (Å²) in [5, 5.41) is 5.75. The van der Waals surface area contributed by atoms with Gasteiger partial charge in [0.1, 0.15) is 0 Å². The molecular weight excluding hydrogens is 288 g/mol. The molecule has 0 spiro atoms. The summed E-state index contributed by atoms with van der Waals surface area (Å²) in [7, 11) is 0. The number of carbonyl (C=O) groups excluding carboxylic acids is 2. The van der Waals surface area contributed by atoms with E-state index in [1.807, 2.05) is 50.2 Å². The minimum absolute atomic E-state index is 0.0530. The first-order chi connectivity index (χ1) is 11.0. The lowest BCUT2D eigenvalue weighted by Gasteiger charge is -2.16. The smallest absolute Gasteiger partial charge is 0.251 e. The molecule has 0 unspecified atom stereocenters. The molecule has 0 aromatic heterocycles. The summed E-state index contributed by atoms with van der Waals surface area (Å²) < 4.78 is 0. The molecule has 120 valence electrons. The van der Waals surface area contributed by atoms with E-state index >= 15 is 0 Å². The molecule has 1 atom stereocenters. The summed E-state index contributed by atoms with van der Waals surface area (Å²) in [6.07, 6.45) is 0. The SMILES string of the molecule is CC(=O)NCc1ccc(C(=O)N[C@H](C)c2ccccc2C)cc1. The Hall–Kier alpha value is -2.62. The molecule has 0 bridgehead atoms. The fourth-order valence-electron chi connectivity index (χ4n) is 2.43. The topological polar surface area (TPSA) is 58.2 Å². The third-order valence-corrected chi connectivity index (χ3v) is 3.76. The van der Waals surface area contributed by atoms with Crippen LogP contribution in [0, 0.1) is 6.92 Å². The lowest BCUT2D eigenvalue weighted by Crippen LogP contribution is -2.27. The number of aryl methyl sites for hydroxylation is 1. The van der Waals surface area contributed by atoms with Crippen molar-refractivity contribution >= 4 is 11.8 Å². The molecule has 0 aliphatic heterocycles. The third kappa shape index (κ3) is 4.68. The lowest BCUT2D eigenvalue weighted by molar-refractivity contribution is -0.119. The summed E-state index contributed by atoms with van der Waals surface area (Å²) in [5.41, 5.74) is 3.84. The van der Waals surface area contributed by atoms with Crippen molar-refractivity contribution in [1.82, 2.24) is 10.6 Å². The first kappa shape index (κ1) is 16.7. The number of hydrogen-bond donors (Lipinski definition) is 2. The van der Waals surface area contributed by atoms with E-state index in [1.54, 1.807) is 12.1 Å². The number of carbonyl (C=O) groups is 2. The van der Waals surface area contributed by atoms with Crippen molar-refractivity contribution < 1.29 is 9.59 Å². The van der Waals surface area contributed by atoms with E-state index < -0.39 is 0 Å². The van der Waals surface area contributed by atoms with Crippen LogP contribution in [0.3, 0.4) is 0 Å². The maximum Gasteiger partial charge on any atom is 0.251 e. The van der Waals surface area contributed by atoms with E-state index in [0.29, 0.717) is 12.1 Å². The molecule has 0 saturated heterocycles. The van der Waals surface area contributed by atoms with Crippen molar-refractivity contribution in [3.8, 4) is 0 Å². The number of amides is 2. The van der Waals surface area contributed by atoms with Crippen molar-refractivity contribution in [3.63, 3.8) is 0 Å². The summed E-state index contributed by atoms with van der Waals surface area (Å²) in [4.78, 5) is 23.2.